The average molecular weight is 277 g/mol. The molecular formula is C15H16FNO3. The third-order valence-corrected chi connectivity index (χ3v) is 4.23. The molecule has 5 heteroatoms. The molecule has 0 radical (unpaired) electrons. The van der Waals surface area contributed by atoms with Gasteiger partial charge in [-0.05, 0) is 25.0 Å². The molecule has 1 spiro atoms. The Labute approximate surface area is 116 Å². The van der Waals surface area contributed by atoms with Gasteiger partial charge in [0, 0.05) is 17.5 Å². The number of benzene rings is 1. The maximum Gasteiger partial charge on any atom is 0.325 e. The Kier molecular flexibility index (Phi) is 2.81. The number of methoxy groups -OCH3 is 1. The van der Waals surface area contributed by atoms with Crippen LogP contribution in [0.25, 0.3) is 0 Å². The van der Waals surface area contributed by atoms with Crippen molar-refractivity contribution in [1.29, 1.82) is 0 Å². The molecule has 1 unspecified atom stereocenters. The van der Waals surface area contributed by atoms with Crippen molar-refractivity contribution in [2.75, 3.05) is 20.2 Å². The Morgan fingerprint density at radius 2 is 2.25 bits per heavy atom. The summed E-state index contributed by atoms with van der Waals surface area (Å²) in [6.45, 7) is 2.05. The number of esters is 1. The number of halogens is 1. The number of carbonyl (C=O) groups excluding carboxylic acids is 2. The monoisotopic (exact) mass is 277 g/mol. The molecule has 1 aliphatic heterocycles. The van der Waals surface area contributed by atoms with E-state index in [1.807, 2.05) is 19.1 Å². The fourth-order valence-electron chi connectivity index (χ4n) is 2.98. The van der Waals surface area contributed by atoms with Gasteiger partial charge in [0.15, 0.2) is 0 Å². The summed E-state index contributed by atoms with van der Waals surface area (Å²) >= 11 is 0. The largest absolute Gasteiger partial charge is 0.468 e. The molecule has 1 heterocycles. The van der Waals surface area contributed by atoms with Gasteiger partial charge in [-0.15, -0.1) is 0 Å². The Balaban J connectivity index is 2.01. The lowest BCUT2D eigenvalue weighted by molar-refractivity contribution is -0.141. The normalized spacial score (nSPS) is 27.4. The summed E-state index contributed by atoms with van der Waals surface area (Å²) in [5.41, 5.74) is 1.68. The molecule has 0 saturated heterocycles. The first-order valence-electron chi connectivity index (χ1n) is 6.59. The van der Waals surface area contributed by atoms with Crippen molar-refractivity contribution in [3.8, 4) is 0 Å². The van der Waals surface area contributed by atoms with Crippen molar-refractivity contribution in [2.45, 2.75) is 24.9 Å². The maximum atomic E-state index is 13.9. The van der Waals surface area contributed by atoms with Crippen LogP contribution in [0.15, 0.2) is 18.2 Å². The van der Waals surface area contributed by atoms with Crippen molar-refractivity contribution in [3.63, 3.8) is 0 Å². The molecule has 106 valence electrons. The summed E-state index contributed by atoms with van der Waals surface area (Å²) in [6.07, 6.45) is -0.537. The lowest BCUT2D eigenvalue weighted by Gasteiger charge is -2.34. The summed E-state index contributed by atoms with van der Waals surface area (Å²) in [5.74, 6) is -0.713. The number of aryl methyl sites for hydroxylation is 1. The minimum atomic E-state index is -0.948. The van der Waals surface area contributed by atoms with Crippen molar-refractivity contribution in [3.05, 3.63) is 34.9 Å². The number of rotatable bonds is 2. The second-order valence-corrected chi connectivity index (χ2v) is 5.61. The molecule has 1 fully saturated rings. The van der Waals surface area contributed by atoms with Gasteiger partial charge in [0.25, 0.3) is 5.91 Å². The van der Waals surface area contributed by atoms with E-state index in [-0.39, 0.29) is 19.0 Å². The SMILES string of the molecule is COC(=O)CN1C[C@@]2(CC2F)c2cc(C)ccc2C1=O. The summed E-state index contributed by atoms with van der Waals surface area (Å²) in [4.78, 5) is 25.2. The first kappa shape index (κ1) is 13.1. The van der Waals surface area contributed by atoms with Crippen LogP contribution in [-0.4, -0.2) is 43.1 Å². The van der Waals surface area contributed by atoms with E-state index in [2.05, 4.69) is 4.74 Å². The van der Waals surface area contributed by atoms with E-state index in [0.717, 1.165) is 11.1 Å². The zero-order chi connectivity index (χ0) is 14.5. The number of hydrogen-bond donors (Lipinski definition) is 0. The quantitative estimate of drug-likeness (QED) is 0.771. The van der Waals surface area contributed by atoms with E-state index in [9.17, 15) is 14.0 Å². The molecule has 0 bridgehead atoms. The highest BCUT2D eigenvalue weighted by Crippen LogP contribution is 2.54. The molecule has 1 aromatic rings. The van der Waals surface area contributed by atoms with Gasteiger partial charge in [-0.2, -0.15) is 0 Å². The van der Waals surface area contributed by atoms with Crippen LogP contribution < -0.4 is 0 Å². The minimum absolute atomic E-state index is 0.128. The average Bonchev–Trinajstić information content (AvgIpc) is 3.06. The Morgan fingerprint density at radius 1 is 1.55 bits per heavy atom. The molecule has 1 saturated carbocycles. The van der Waals surface area contributed by atoms with Crippen molar-refractivity contribution >= 4 is 11.9 Å². The van der Waals surface area contributed by atoms with E-state index in [4.69, 9.17) is 0 Å². The summed E-state index contributed by atoms with van der Waals surface area (Å²) in [7, 11) is 1.28. The standard InChI is InChI=1S/C15H16FNO3/c1-9-3-4-10-11(5-9)15(6-12(15)16)8-17(14(10)19)7-13(18)20-2/h3-5,12H,6-8H2,1-2H3/t12?,15-/m0/s1. The van der Waals surface area contributed by atoms with Crippen LogP contribution in [0.5, 0.6) is 0 Å². The molecule has 1 amide bonds. The van der Waals surface area contributed by atoms with Gasteiger partial charge in [0.2, 0.25) is 0 Å². The molecule has 20 heavy (non-hydrogen) atoms. The van der Waals surface area contributed by atoms with Gasteiger partial charge in [0.05, 0.1) is 7.11 Å². The van der Waals surface area contributed by atoms with E-state index < -0.39 is 17.6 Å². The topological polar surface area (TPSA) is 46.6 Å². The van der Waals surface area contributed by atoms with E-state index >= 15 is 0 Å². The summed E-state index contributed by atoms with van der Waals surface area (Å²) < 4.78 is 18.5. The molecule has 4 nitrogen and oxygen atoms in total. The maximum absolute atomic E-state index is 13.9. The molecular weight excluding hydrogens is 261 g/mol. The number of nitrogens with zero attached hydrogens (tertiary/aromatic N) is 1. The predicted octanol–water partition coefficient (Wildman–Crippen LogP) is 1.60. The van der Waals surface area contributed by atoms with Crippen LogP contribution in [0.1, 0.15) is 27.9 Å². The van der Waals surface area contributed by atoms with E-state index in [0.29, 0.717) is 12.0 Å². The van der Waals surface area contributed by atoms with Crippen LogP contribution in [0, 0.1) is 6.92 Å². The number of carbonyl (C=O) groups is 2. The van der Waals surface area contributed by atoms with Crippen LogP contribution in [0.2, 0.25) is 0 Å². The van der Waals surface area contributed by atoms with E-state index in [1.165, 1.54) is 12.0 Å². The fourth-order valence-corrected chi connectivity index (χ4v) is 2.98. The van der Waals surface area contributed by atoms with Crippen LogP contribution >= 0.6 is 0 Å². The highest BCUT2D eigenvalue weighted by molar-refractivity contribution is 5.99. The van der Waals surface area contributed by atoms with Gasteiger partial charge in [-0.1, -0.05) is 17.7 Å². The number of amides is 1. The Morgan fingerprint density at radius 3 is 2.85 bits per heavy atom. The number of alkyl halides is 1. The second-order valence-electron chi connectivity index (χ2n) is 5.61. The van der Waals surface area contributed by atoms with Crippen molar-refractivity contribution in [1.82, 2.24) is 4.90 Å². The van der Waals surface area contributed by atoms with Crippen molar-refractivity contribution in [2.24, 2.45) is 0 Å². The predicted molar refractivity (Wildman–Crippen MR) is 70.3 cm³/mol. The fraction of sp³-hybridized carbons (Fsp3) is 0.467. The zero-order valence-corrected chi connectivity index (χ0v) is 11.5. The van der Waals surface area contributed by atoms with Crippen LogP contribution in [0.3, 0.4) is 0 Å². The van der Waals surface area contributed by atoms with Crippen molar-refractivity contribution < 1.29 is 18.7 Å². The van der Waals surface area contributed by atoms with Gasteiger partial charge in [-0.3, -0.25) is 9.59 Å². The lowest BCUT2D eigenvalue weighted by Crippen LogP contribution is -2.46. The van der Waals surface area contributed by atoms with Gasteiger partial charge in [-0.25, -0.2) is 4.39 Å². The Hall–Kier alpha value is -1.91. The van der Waals surface area contributed by atoms with Crippen LogP contribution in [0.4, 0.5) is 4.39 Å². The van der Waals surface area contributed by atoms with Gasteiger partial charge < -0.3 is 9.64 Å². The molecule has 0 aromatic heterocycles. The molecule has 0 N–H and O–H groups in total. The summed E-state index contributed by atoms with van der Waals surface area (Å²) in [6, 6.07) is 5.45. The minimum Gasteiger partial charge on any atom is -0.468 e. The summed E-state index contributed by atoms with van der Waals surface area (Å²) in [5, 5.41) is 0. The third-order valence-electron chi connectivity index (χ3n) is 4.23. The highest BCUT2D eigenvalue weighted by atomic mass is 19.1. The number of hydrogen-bond acceptors (Lipinski definition) is 3. The number of fused-ring (bicyclic) bond motifs is 2. The molecule has 1 aromatic carbocycles. The smallest absolute Gasteiger partial charge is 0.325 e. The first-order valence-corrected chi connectivity index (χ1v) is 6.59. The molecule has 2 aliphatic rings. The molecule has 2 atom stereocenters. The molecule has 1 aliphatic carbocycles. The van der Waals surface area contributed by atoms with Crippen LogP contribution in [-0.2, 0) is 14.9 Å². The lowest BCUT2D eigenvalue weighted by atomic mass is 9.85. The highest BCUT2D eigenvalue weighted by Gasteiger charge is 2.61. The Bertz CT molecular complexity index is 601. The third kappa shape index (κ3) is 1.80. The van der Waals surface area contributed by atoms with Gasteiger partial charge in [0.1, 0.15) is 12.7 Å². The zero-order valence-electron chi connectivity index (χ0n) is 11.5. The van der Waals surface area contributed by atoms with E-state index in [1.54, 1.807) is 6.07 Å². The number of ether oxygens (including phenoxy) is 1. The van der Waals surface area contributed by atoms with Gasteiger partial charge >= 0.3 is 5.97 Å². The second kappa shape index (κ2) is 4.30. The molecule has 3 rings (SSSR count). The first-order chi connectivity index (χ1) is 9.48.